The number of nitrogens with one attached hydrogen (secondary N) is 1. The molecule has 0 aliphatic heterocycles. The maximum absolute atomic E-state index is 6.08. The maximum atomic E-state index is 6.08. The van der Waals surface area contributed by atoms with Crippen LogP contribution in [0.25, 0.3) is 0 Å². The Bertz CT molecular complexity index is 282. The highest BCUT2D eigenvalue weighted by Crippen LogP contribution is 2.41. The van der Waals surface area contributed by atoms with E-state index in [2.05, 4.69) is 31.3 Å². The molecule has 2 aliphatic rings. The van der Waals surface area contributed by atoms with Crippen molar-refractivity contribution in [1.29, 1.82) is 0 Å². The van der Waals surface area contributed by atoms with Crippen LogP contribution in [-0.4, -0.2) is 30.6 Å². The molecule has 3 unspecified atom stereocenters. The number of likely N-dealkylation sites (N-methyl/N-ethyl adjacent to an activating group) is 1. The van der Waals surface area contributed by atoms with Gasteiger partial charge in [-0.05, 0) is 51.6 Å². The summed E-state index contributed by atoms with van der Waals surface area (Å²) in [5, 5.41) is 0. The van der Waals surface area contributed by atoms with Gasteiger partial charge in [0.25, 0.3) is 0 Å². The van der Waals surface area contributed by atoms with Crippen molar-refractivity contribution in [2.45, 2.75) is 82.7 Å². The van der Waals surface area contributed by atoms with Crippen LogP contribution in [0.15, 0.2) is 0 Å². The molecule has 0 aromatic rings. The summed E-state index contributed by atoms with van der Waals surface area (Å²) in [6, 6.07) is 0.457. The number of hydrazine groups is 1. The predicted molar refractivity (Wildman–Crippen MR) is 86.4 cm³/mol. The Labute approximate surface area is 125 Å². The topological polar surface area (TPSA) is 41.3 Å². The first-order chi connectivity index (χ1) is 9.60. The molecule has 0 radical (unpaired) electrons. The second kappa shape index (κ2) is 7.24. The van der Waals surface area contributed by atoms with E-state index in [9.17, 15) is 0 Å². The third-order valence-corrected chi connectivity index (χ3v) is 6.07. The summed E-state index contributed by atoms with van der Waals surface area (Å²) in [5.41, 5.74) is 3.54. The first kappa shape index (κ1) is 16.3. The third kappa shape index (κ3) is 3.37. The minimum Gasteiger partial charge on any atom is -0.302 e. The normalized spacial score (nSPS) is 32.9. The van der Waals surface area contributed by atoms with Gasteiger partial charge < -0.3 is 4.90 Å². The fourth-order valence-electron chi connectivity index (χ4n) is 4.89. The minimum atomic E-state index is 0.271. The Kier molecular flexibility index (Phi) is 5.88. The molecule has 0 bridgehead atoms. The van der Waals surface area contributed by atoms with Gasteiger partial charge in [-0.25, -0.2) is 0 Å². The van der Waals surface area contributed by atoms with E-state index >= 15 is 0 Å². The van der Waals surface area contributed by atoms with E-state index in [-0.39, 0.29) is 5.54 Å². The van der Waals surface area contributed by atoms with Crippen LogP contribution in [0, 0.1) is 11.8 Å². The van der Waals surface area contributed by atoms with E-state index in [1.807, 2.05) is 0 Å². The molecule has 20 heavy (non-hydrogen) atoms. The summed E-state index contributed by atoms with van der Waals surface area (Å²) < 4.78 is 0. The van der Waals surface area contributed by atoms with Crippen LogP contribution < -0.4 is 11.3 Å². The molecule has 118 valence electrons. The number of rotatable bonds is 4. The van der Waals surface area contributed by atoms with Crippen LogP contribution in [0.3, 0.4) is 0 Å². The SMILES string of the molecule is CC1CCCC(C(NN)C2(N(C)C)CCCCCC2)C1. The van der Waals surface area contributed by atoms with Gasteiger partial charge >= 0.3 is 0 Å². The summed E-state index contributed by atoms with van der Waals surface area (Å²) >= 11 is 0. The molecule has 0 aromatic heterocycles. The highest BCUT2D eigenvalue weighted by Gasteiger charge is 2.44. The Morgan fingerprint density at radius 1 is 1.05 bits per heavy atom. The van der Waals surface area contributed by atoms with Crippen molar-refractivity contribution in [2.24, 2.45) is 17.7 Å². The Hall–Kier alpha value is -0.120. The molecule has 2 aliphatic carbocycles. The number of hydrogen-bond donors (Lipinski definition) is 2. The largest absolute Gasteiger partial charge is 0.302 e. The van der Waals surface area contributed by atoms with Crippen molar-refractivity contribution in [3.8, 4) is 0 Å². The van der Waals surface area contributed by atoms with Crippen LogP contribution in [0.5, 0.6) is 0 Å². The highest BCUT2D eigenvalue weighted by molar-refractivity contribution is 5.02. The van der Waals surface area contributed by atoms with Crippen LogP contribution >= 0.6 is 0 Å². The summed E-state index contributed by atoms with van der Waals surface area (Å²) in [5.74, 6) is 7.70. The maximum Gasteiger partial charge on any atom is 0.0422 e. The van der Waals surface area contributed by atoms with E-state index in [0.717, 1.165) is 11.8 Å². The van der Waals surface area contributed by atoms with Crippen molar-refractivity contribution in [2.75, 3.05) is 14.1 Å². The van der Waals surface area contributed by atoms with Gasteiger partial charge in [-0.3, -0.25) is 11.3 Å². The van der Waals surface area contributed by atoms with Crippen LogP contribution in [0.2, 0.25) is 0 Å². The summed E-state index contributed by atoms with van der Waals surface area (Å²) in [6.07, 6.45) is 13.6. The zero-order chi connectivity index (χ0) is 14.6. The molecule has 0 aromatic carbocycles. The zero-order valence-electron chi connectivity index (χ0n) is 13.8. The molecule has 0 heterocycles. The monoisotopic (exact) mass is 281 g/mol. The molecular formula is C17H35N3. The number of nitrogens with zero attached hydrogens (tertiary/aromatic N) is 1. The van der Waals surface area contributed by atoms with Gasteiger partial charge in [0.05, 0.1) is 0 Å². The van der Waals surface area contributed by atoms with E-state index in [1.165, 1.54) is 64.2 Å². The quantitative estimate of drug-likeness (QED) is 0.472. The van der Waals surface area contributed by atoms with Crippen LogP contribution in [-0.2, 0) is 0 Å². The molecule has 2 saturated carbocycles. The van der Waals surface area contributed by atoms with Crippen molar-refractivity contribution in [1.82, 2.24) is 10.3 Å². The summed E-state index contributed by atoms with van der Waals surface area (Å²) in [6.45, 7) is 2.41. The van der Waals surface area contributed by atoms with Crippen LogP contribution in [0.1, 0.15) is 71.1 Å². The van der Waals surface area contributed by atoms with Gasteiger partial charge in [0.2, 0.25) is 0 Å². The van der Waals surface area contributed by atoms with Crippen molar-refractivity contribution in [3.05, 3.63) is 0 Å². The van der Waals surface area contributed by atoms with E-state index in [0.29, 0.717) is 6.04 Å². The van der Waals surface area contributed by atoms with E-state index < -0.39 is 0 Å². The second-order valence-electron chi connectivity index (χ2n) is 7.59. The molecular weight excluding hydrogens is 246 g/mol. The molecule has 0 saturated heterocycles. The van der Waals surface area contributed by atoms with Gasteiger partial charge in [0, 0.05) is 11.6 Å². The molecule has 3 heteroatoms. The molecule has 2 fully saturated rings. The van der Waals surface area contributed by atoms with Crippen molar-refractivity contribution >= 4 is 0 Å². The zero-order valence-corrected chi connectivity index (χ0v) is 13.8. The van der Waals surface area contributed by atoms with Crippen molar-refractivity contribution in [3.63, 3.8) is 0 Å². The lowest BCUT2D eigenvalue weighted by Crippen LogP contribution is -2.63. The van der Waals surface area contributed by atoms with Gasteiger partial charge in [0.1, 0.15) is 0 Å². The Morgan fingerprint density at radius 3 is 2.20 bits per heavy atom. The summed E-state index contributed by atoms with van der Waals surface area (Å²) in [7, 11) is 4.53. The standard InChI is InChI=1S/C17H35N3/c1-14-9-8-10-15(13-14)16(19-18)17(20(2)3)11-6-4-5-7-12-17/h14-16,19H,4-13,18H2,1-3H3. The average molecular weight is 281 g/mol. The molecule has 3 atom stereocenters. The van der Waals surface area contributed by atoms with E-state index in [4.69, 9.17) is 5.84 Å². The lowest BCUT2D eigenvalue weighted by atomic mass is 9.69. The lowest BCUT2D eigenvalue weighted by molar-refractivity contribution is 0.0362. The molecule has 0 amide bonds. The molecule has 2 rings (SSSR count). The fourth-order valence-corrected chi connectivity index (χ4v) is 4.89. The highest BCUT2D eigenvalue weighted by atomic mass is 15.3. The number of nitrogens with two attached hydrogens (primary N) is 1. The van der Waals surface area contributed by atoms with Gasteiger partial charge in [-0.15, -0.1) is 0 Å². The first-order valence-corrected chi connectivity index (χ1v) is 8.73. The molecule has 3 nitrogen and oxygen atoms in total. The van der Waals surface area contributed by atoms with Gasteiger partial charge in [-0.1, -0.05) is 45.4 Å². The Morgan fingerprint density at radius 2 is 1.70 bits per heavy atom. The summed E-state index contributed by atoms with van der Waals surface area (Å²) in [4.78, 5) is 2.49. The molecule has 0 spiro atoms. The third-order valence-electron chi connectivity index (χ3n) is 6.07. The number of hydrogen-bond acceptors (Lipinski definition) is 3. The second-order valence-corrected chi connectivity index (χ2v) is 7.59. The minimum absolute atomic E-state index is 0.271. The van der Waals surface area contributed by atoms with Crippen LogP contribution in [0.4, 0.5) is 0 Å². The van der Waals surface area contributed by atoms with Crippen molar-refractivity contribution < 1.29 is 0 Å². The smallest absolute Gasteiger partial charge is 0.0422 e. The average Bonchev–Trinajstić information content (AvgIpc) is 2.67. The fraction of sp³-hybridized carbons (Fsp3) is 1.00. The lowest BCUT2D eigenvalue weighted by Gasteiger charge is -2.50. The van der Waals surface area contributed by atoms with E-state index in [1.54, 1.807) is 0 Å². The predicted octanol–water partition coefficient (Wildman–Crippen LogP) is 3.30. The van der Waals surface area contributed by atoms with Gasteiger partial charge in [-0.2, -0.15) is 0 Å². The molecule has 3 N–H and O–H groups in total. The Balaban J connectivity index is 2.19. The van der Waals surface area contributed by atoms with Gasteiger partial charge in [0.15, 0.2) is 0 Å². The first-order valence-electron chi connectivity index (χ1n) is 8.73.